The topological polar surface area (TPSA) is 268 Å². The number of para-hydroxylation sites is 2. The molecule has 6 aromatic heterocycles. The third kappa shape index (κ3) is 11.7. The molecular formula is C46H48F2N14O8S2. The van der Waals surface area contributed by atoms with Crippen LogP contribution in [-0.2, 0) is 32.9 Å². The summed E-state index contributed by atoms with van der Waals surface area (Å²) in [7, 11) is -2.08. The average Bonchev–Trinajstić information content (AvgIpc) is 3.97. The van der Waals surface area contributed by atoms with Crippen molar-refractivity contribution >= 4 is 31.9 Å². The van der Waals surface area contributed by atoms with Crippen LogP contribution >= 0.6 is 0 Å². The molecule has 0 amide bonds. The maximum atomic E-state index is 13.3. The van der Waals surface area contributed by atoms with Crippen LogP contribution in [0.2, 0.25) is 0 Å². The number of nitrogens with zero attached hydrogens (tertiary/aromatic N) is 12. The molecule has 0 saturated carbocycles. The number of aryl methyl sites for hydroxylation is 2. The summed E-state index contributed by atoms with van der Waals surface area (Å²) in [6.45, 7) is 6.78. The van der Waals surface area contributed by atoms with E-state index in [1.54, 1.807) is 60.9 Å². The molecule has 0 unspecified atom stereocenters. The van der Waals surface area contributed by atoms with Crippen molar-refractivity contribution in [3.8, 4) is 57.4 Å². The number of benzene rings is 2. The number of halogens is 2. The molecule has 0 bridgehead atoms. The Bertz CT molecular complexity index is 3130. The third-order valence-electron chi connectivity index (χ3n) is 10.7. The minimum atomic E-state index is -4.02. The lowest BCUT2D eigenvalue weighted by Gasteiger charge is -2.18. The molecule has 0 aliphatic heterocycles. The summed E-state index contributed by atoms with van der Waals surface area (Å²) in [5, 5.41) is 14.8. The Balaban J connectivity index is 0.000000211. The van der Waals surface area contributed by atoms with Gasteiger partial charge in [-0.25, -0.2) is 45.6 Å². The molecule has 2 N–H and O–H groups in total. The molecule has 0 aliphatic carbocycles. The van der Waals surface area contributed by atoms with Gasteiger partial charge >= 0.3 is 0 Å². The summed E-state index contributed by atoms with van der Waals surface area (Å²) in [5.41, 5.74) is 3.56. The molecule has 0 fully saturated rings. The van der Waals surface area contributed by atoms with Crippen molar-refractivity contribution < 1.29 is 44.6 Å². The van der Waals surface area contributed by atoms with Crippen molar-refractivity contribution in [2.24, 2.45) is 0 Å². The summed E-state index contributed by atoms with van der Waals surface area (Å²) in [6, 6.07) is 17.6. The molecule has 8 aromatic rings. The second-order valence-corrected chi connectivity index (χ2v) is 20.0. The molecule has 22 nitrogen and oxygen atoms in total. The van der Waals surface area contributed by atoms with E-state index in [9.17, 15) is 25.6 Å². The van der Waals surface area contributed by atoms with Crippen LogP contribution in [0.1, 0.15) is 36.6 Å². The minimum Gasteiger partial charge on any atom is -0.494 e. The first kappa shape index (κ1) is 51.6. The number of ether oxygens (including phenoxy) is 4. The molecule has 376 valence electrons. The molecular weight excluding hydrogens is 979 g/mol. The second-order valence-electron chi connectivity index (χ2n) is 15.8. The van der Waals surface area contributed by atoms with E-state index in [4.69, 9.17) is 18.9 Å². The Labute approximate surface area is 413 Å². The van der Waals surface area contributed by atoms with E-state index in [0.717, 1.165) is 35.9 Å². The Morgan fingerprint density at radius 2 is 0.861 bits per heavy atom. The van der Waals surface area contributed by atoms with E-state index in [2.05, 4.69) is 59.7 Å². The van der Waals surface area contributed by atoms with Gasteiger partial charge in [0.1, 0.15) is 57.4 Å². The van der Waals surface area contributed by atoms with E-state index >= 15 is 0 Å². The van der Waals surface area contributed by atoms with Crippen molar-refractivity contribution in [3.63, 3.8) is 0 Å². The number of sulfonamides is 2. The predicted molar refractivity (Wildman–Crippen MR) is 260 cm³/mol. The number of aromatic nitrogens is 12. The molecule has 0 spiro atoms. The molecule has 26 heteroatoms. The highest BCUT2D eigenvalue weighted by molar-refractivity contribution is 7.93. The van der Waals surface area contributed by atoms with E-state index in [1.807, 2.05) is 26.0 Å². The quantitative estimate of drug-likeness (QED) is 0.101. The highest BCUT2D eigenvalue weighted by Gasteiger charge is 2.31. The fourth-order valence-electron chi connectivity index (χ4n) is 6.96. The Kier molecular flexibility index (Phi) is 15.9. The van der Waals surface area contributed by atoms with E-state index in [-0.39, 0.29) is 48.0 Å². The largest absolute Gasteiger partial charge is 0.494 e. The molecule has 8 rings (SSSR count). The maximum absolute atomic E-state index is 13.3. The molecule has 0 saturated heterocycles. The second kappa shape index (κ2) is 22.2. The monoisotopic (exact) mass is 1030 g/mol. The summed E-state index contributed by atoms with van der Waals surface area (Å²) in [4.78, 5) is 24.2. The minimum absolute atomic E-state index is 0.0476. The highest BCUT2D eigenvalue weighted by atomic mass is 32.2. The maximum Gasteiger partial charge on any atom is 0.243 e. The number of anilines is 2. The SMILES string of the molecule is COc1cccc(OC)c1-n1c(NS(=O)(=O)[C@@H](C)Cc2ncc(F)cn2)nnc1-c1cc(C)ccn1.COc1cccc(OC)c1-n1c(NS(=O)(=O)[C@H](C)Cc2ncc(F)cn2)nnc1-c1cc(C)ccn1. The molecule has 2 atom stereocenters. The van der Waals surface area contributed by atoms with E-state index in [0.29, 0.717) is 45.8 Å². The first-order valence-electron chi connectivity index (χ1n) is 21.6. The fourth-order valence-corrected chi connectivity index (χ4v) is 8.87. The lowest BCUT2D eigenvalue weighted by Crippen LogP contribution is -2.29. The van der Waals surface area contributed by atoms with Crippen LogP contribution in [0.25, 0.3) is 34.4 Å². The number of hydrogen-bond donors (Lipinski definition) is 2. The van der Waals surface area contributed by atoms with Crippen LogP contribution in [0, 0.1) is 25.5 Å². The lowest BCUT2D eigenvalue weighted by molar-refractivity contribution is 0.391. The fraction of sp³-hybridized carbons (Fsp3) is 0.261. The predicted octanol–water partition coefficient (Wildman–Crippen LogP) is 5.91. The number of nitrogens with one attached hydrogen (secondary N) is 2. The smallest absolute Gasteiger partial charge is 0.243 e. The highest BCUT2D eigenvalue weighted by Crippen LogP contribution is 2.39. The molecule has 72 heavy (non-hydrogen) atoms. The number of rotatable bonds is 18. The standard InChI is InChI=1S/2C23H24FN7O4S/c2*1-14-8-9-25-17(10-14)22-28-29-23(31(22)21-18(34-3)6-5-7-19(21)35-4)30-36(32,33)15(2)11-20-26-12-16(24)13-27-20/h2*5-10,12-13,15H,11H2,1-4H3,(H,29,30)/t2*15-/m10/s1. The van der Waals surface area contributed by atoms with Crippen LogP contribution in [0.4, 0.5) is 20.7 Å². The van der Waals surface area contributed by atoms with Gasteiger partial charge < -0.3 is 18.9 Å². The molecule has 2 aromatic carbocycles. The Hall–Kier alpha value is -8.26. The summed E-state index contributed by atoms with van der Waals surface area (Å²) < 4.78 is 110. The van der Waals surface area contributed by atoms with E-state index in [1.165, 1.54) is 51.4 Å². The van der Waals surface area contributed by atoms with E-state index < -0.39 is 42.2 Å². The van der Waals surface area contributed by atoms with Crippen LogP contribution in [0.5, 0.6) is 23.0 Å². The van der Waals surface area contributed by atoms with Gasteiger partial charge in [-0.05, 0) is 87.4 Å². The zero-order valence-electron chi connectivity index (χ0n) is 40.0. The Morgan fingerprint density at radius 1 is 0.528 bits per heavy atom. The van der Waals surface area contributed by atoms with Crippen LogP contribution in [0.3, 0.4) is 0 Å². The lowest BCUT2D eigenvalue weighted by atomic mass is 10.2. The molecule has 0 radical (unpaired) electrons. The Morgan fingerprint density at radius 3 is 1.17 bits per heavy atom. The summed E-state index contributed by atoms with van der Waals surface area (Å²) in [6.07, 6.45) is 7.10. The van der Waals surface area contributed by atoms with Crippen molar-refractivity contribution in [1.82, 2.24) is 59.4 Å². The van der Waals surface area contributed by atoms with Gasteiger partial charge in [0.2, 0.25) is 31.9 Å². The number of hydrogen-bond acceptors (Lipinski definition) is 18. The van der Waals surface area contributed by atoms with Crippen molar-refractivity contribution in [1.29, 1.82) is 0 Å². The summed E-state index contributed by atoms with van der Waals surface area (Å²) in [5.74, 6) is 1.11. The van der Waals surface area contributed by atoms with Crippen molar-refractivity contribution in [3.05, 3.63) is 132 Å². The van der Waals surface area contributed by atoms with Crippen LogP contribution < -0.4 is 28.4 Å². The number of methoxy groups -OCH3 is 4. The normalized spacial score (nSPS) is 12.2. The first-order chi connectivity index (χ1) is 34.5. The van der Waals surface area contributed by atoms with Crippen molar-refractivity contribution in [2.45, 2.75) is 51.0 Å². The summed E-state index contributed by atoms with van der Waals surface area (Å²) >= 11 is 0. The zero-order chi connectivity index (χ0) is 51.7. The van der Waals surface area contributed by atoms with Crippen molar-refractivity contribution in [2.75, 3.05) is 37.9 Å². The van der Waals surface area contributed by atoms with Crippen LogP contribution in [-0.4, -0.2) is 115 Å². The first-order valence-corrected chi connectivity index (χ1v) is 24.7. The van der Waals surface area contributed by atoms with Gasteiger partial charge in [-0.1, -0.05) is 12.1 Å². The van der Waals surface area contributed by atoms with Gasteiger partial charge in [-0.15, -0.1) is 20.4 Å². The zero-order valence-corrected chi connectivity index (χ0v) is 41.6. The van der Waals surface area contributed by atoms with Crippen LogP contribution in [0.15, 0.2) is 97.8 Å². The van der Waals surface area contributed by atoms with Gasteiger partial charge in [-0.3, -0.25) is 28.5 Å². The van der Waals surface area contributed by atoms with Gasteiger partial charge in [0.05, 0.1) is 63.7 Å². The van der Waals surface area contributed by atoms with Gasteiger partial charge in [0, 0.05) is 25.2 Å². The molecule has 0 aliphatic rings. The number of pyridine rings is 2. The third-order valence-corrected chi connectivity index (χ3v) is 14.1. The van der Waals surface area contributed by atoms with Gasteiger partial charge in [-0.2, -0.15) is 0 Å². The van der Waals surface area contributed by atoms with Gasteiger partial charge in [0.25, 0.3) is 0 Å². The molecule has 6 heterocycles. The average molecular weight is 1030 g/mol. The van der Waals surface area contributed by atoms with Gasteiger partial charge in [0.15, 0.2) is 23.3 Å².